The van der Waals surface area contributed by atoms with Crippen LogP contribution in [0.2, 0.25) is 0 Å². The molecule has 0 aliphatic heterocycles. The minimum atomic E-state index is 0.105. The van der Waals surface area contributed by atoms with Gasteiger partial charge in [-0.25, -0.2) is 0 Å². The van der Waals surface area contributed by atoms with Gasteiger partial charge >= 0.3 is 0 Å². The Balaban J connectivity index is 2.66. The van der Waals surface area contributed by atoms with Crippen molar-refractivity contribution >= 4 is 0 Å². The van der Waals surface area contributed by atoms with Crippen LogP contribution in [0.4, 0.5) is 0 Å². The highest BCUT2D eigenvalue weighted by molar-refractivity contribution is 5.15. The van der Waals surface area contributed by atoms with Gasteiger partial charge < -0.3 is 20.5 Å². The van der Waals surface area contributed by atoms with Gasteiger partial charge in [0.25, 0.3) is 0 Å². The third-order valence-electron chi connectivity index (χ3n) is 2.05. The molecule has 4 heteroatoms. The van der Waals surface area contributed by atoms with E-state index in [1.165, 1.54) is 0 Å². The molecule has 0 saturated carbocycles. The van der Waals surface area contributed by atoms with E-state index in [1.54, 1.807) is 26.2 Å². The number of hydrogen-bond acceptors (Lipinski definition) is 2. The van der Waals surface area contributed by atoms with E-state index < -0.39 is 0 Å². The van der Waals surface area contributed by atoms with Gasteiger partial charge in [0.2, 0.25) is 0 Å². The van der Waals surface area contributed by atoms with Gasteiger partial charge in [-0.05, 0) is 0 Å². The Hall–Kier alpha value is -0.680. The standard InChI is InChI=1S/C8H14N2O2/c1-9(11)7-3-5-8(6-4-7)10(2)12/h3,5,9-10H,4,6H2,1-2H3. The molecule has 2 unspecified atom stereocenters. The first-order valence-corrected chi connectivity index (χ1v) is 4.03. The maximum atomic E-state index is 10.9. The van der Waals surface area contributed by atoms with Crippen LogP contribution in [-0.4, -0.2) is 14.1 Å². The van der Waals surface area contributed by atoms with Gasteiger partial charge in [-0.2, -0.15) is 0 Å². The topological polar surface area (TPSA) is 55.0 Å². The third kappa shape index (κ3) is 2.15. The molecular formula is C8H14N2O2. The van der Waals surface area contributed by atoms with E-state index in [2.05, 4.69) is 0 Å². The molecule has 4 nitrogen and oxygen atoms in total. The highest BCUT2D eigenvalue weighted by Crippen LogP contribution is 2.09. The van der Waals surface area contributed by atoms with Crippen molar-refractivity contribution in [1.82, 2.24) is 0 Å². The van der Waals surface area contributed by atoms with Crippen molar-refractivity contribution in [3.05, 3.63) is 34.0 Å². The van der Waals surface area contributed by atoms with E-state index in [-0.39, 0.29) is 10.1 Å². The van der Waals surface area contributed by atoms with Crippen LogP contribution in [0.5, 0.6) is 0 Å². The summed E-state index contributed by atoms with van der Waals surface area (Å²) in [6.07, 6.45) is 4.92. The van der Waals surface area contributed by atoms with Crippen LogP contribution in [0.3, 0.4) is 0 Å². The van der Waals surface area contributed by atoms with Crippen molar-refractivity contribution in [1.29, 1.82) is 0 Å². The fraction of sp³-hybridized carbons (Fsp3) is 0.500. The van der Waals surface area contributed by atoms with Crippen LogP contribution in [0.25, 0.3) is 0 Å². The molecule has 2 N–H and O–H groups in total. The van der Waals surface area contributed by atoms with Gasteiger partial charge in [0, 0.05) is 25.0 Å². The van der Waals surface area contributed by atoms with Gasteiger partial charge in [-0.1, -0.05) is 0 Å². The van der Waals surface area contributed by atoms with Crippen molar-refractivity contribution in [2.24, 2.45) is 0 Å². The summed E-state index contributed by atoms with van der Waals surface area (Å²) in [5.74, 6) is 0. The molecule has 1 rings (SSSR count). The summed E-state index contributed by atoms with van der Waals surface area (Å²) >= 11 is 0. The monoisotopic (exact) mass is 170 g/mol. The predicted octanol–water partition coefficient (Wildman–Crippen LogP) is -1.43. The molecule has 0 aromatic heterocycles. The van der Waals surface area contributed by atoms with Gasteiger partial charge in [-0.15, -0.1) is 0 Å². The fourth-order valence-electron chi connectivity index (χ4n) is 1.22. The molecule has 0 radical (unpaired) electrons. The number of nitrogens with one attached hydrogen (secondary N) is 2. The number of quaternary nitrogens is 2. The average molecular weight is 170 g/mol. The second-order valence-corrected chi connectivity index (χ2v) is 3.00. The molecule has 0 amide bonds. The Labute approximate surface area is 71.9 Å². The second kappa shape index (κ2) is 3.82. The lowest BCUT2D eigenvalue weighted by Gasteiger charge is -2.25. The highest BCUT2D eigenvalue weighted by Gasteiger charge is 2.12. The van der Waals surface area contributed by atoms with Crippen LogP contribution in [0, 0.1) is 10.4 Å². The van der Waals surface area contributed by atoms with Crippen molar-refractivity contribution in [3.63, 3.8) is 0 Å². The largest absolute Gasteiger partial charge is 0.629 e. The van der Waals surface area contributed by atoms with Crippen molar-refractivity contribution < 1.29 is 10.1 Å². The highest BCUT2D eigenvalue weighted by atomic mass is 16.5. The summed E-state index contributed by atoms with van der Waals surface area (Å²) < 4.78 is 0. The minimum absolute atomic E-state index is 0.105. The van der Waals surface area contributed by atoms with Crippen molar-refractivity contribution in [3.8, 4) is 0 Å². The maximum Gasteiger partial charge on any atom is 0.108 e. The summed E-state index contributed by atoms with van der Waals surface area (Å²) in [5, 5.41) is 22.0. The van der Waals surface area contributed by atoms with E-state index in [0.29, 0.717) is 12.8 Å². The predicted molar refractivity (Wildman–Crippen MR) is 45.9 cm³/mol. The minimum Gasteiger partial charge on any atom is -0.629 e. The number of rotatable bonds is 2. The Morgan fingerprint density at radius 3 is 1.50 bits per heavy atom. The van der Waals surface area contributed by atoms with Crippen LogP contribution < -0.4 is 10.1 Å². The molecule has 2 atom stereocenters. The third-order valence-corrected chi connectivity index (χ3v) is 2.05. The quantitative estimate of drug-likeness (QED) is 0.499. The molecule has 0 saturated heterocycles. The first-order valence-electron chi connectivity index (χ1n) is 4.03. The second-order valence-electron chi connectivity index (χ2n) is 3.00. The number of hydroxylamine groups is 4. The van der Waals surface area contributed by atoms with Gasteiger partial charge in [0.05, 0.1) is 14.1 Å². The molecule has 0 bridgehead atoms. The van der Waals surface area contributed by atoms with Gasteiger partial charge in [-0.3, -0.25) is 0 Å². The summed E-state index contributed by atoms with van der Waals surface area (Å²) in [7, 11) is 3.11. The zero-order chi connectivity index (χ0) is 9.14. The molecule has 1 aliphatic rings. The van der Waals surface area contributed by atoms with Gasteiger partial charge in [0.15, 0.2) is 0 Å². The lowest BCUT2D eigenvalue weighted by Crippen LogP contribution is -3.03. The molecule has 0 spiro atoms. The zero-order valence-corrected chi connectivity index (χ0v) is 7.39. The molecule has 0 fully saturated rings. The van der Waals surface area contributed by atoms with Crippen molar-refractivity contribution in [2.45, 2.75) is 12.8 Å². The Bertz CT molecular complexity index is 195. The lowest BCUT2D eigenvalue weighted by atomic mass is 10.1. The van der Waals surface area contributed by atoms with Crippen LogP contribution in [0.15, 0.2) is 23.5 Å². The average Bonchev–Trinajstić information content (AvgIpc) is 2.04. The van der Waals surface area contributed by atoms with E-state index in [0.717, 1.165) is 11.4 Å². The normalized spacial score (nSPS) is 22.7. The van der Waals surface area contributed by atoms with Crippen molar-refractivity contribution in [2.75, 3.05) is 14.1 Å². The maximum absolute atomic E-state index is 10.9. The van der Waals surface area contributed by atoms with E-state index >= 15 is 0 Å². The fourth-order valence-corrected chi connectivity index (χ4v) is 1.22. The smallest absolute Gasteiger partial charge is 0.108 e. The summed E-state index contributed by atoms with van der Waals surface area (Å²) in [5.41, 5.74) is 1.64. The Morgan fingerprint density at radius 1 is 1.00 bits per heavy atom. The molecule has 12 heavy (non-hydrogen) atoms. The summed E-state index contributed by atoms with van der Waals surface area (Å²) in [6.45, 7) is 0. The zero-order valence-electron chi connectivity index (χ0n) is 7.39. The van der Waals surface area contributed by atoms with Crippen LogP contribution >= 0.6 is 0 Å². The molecule has 0 heterocycles. The lowest BCUT2D eigenvalue weighted by molar-refractivity contribution is -0.791. The van der Waals surface area contributed by atoms with Gasteiger partial charge in [0.1, 0.15) is 11.4 Å². The Kier molecular flexibility index (Phi) is 2.99. The van der Waals surface area contributed by atoms with E-state index in [1.807, 2.05) is 0 Å². The molecule has 0 aromatic rings. The van der Waals surface area contributed by atoms with Crippen LogP contribution in [-0.2, 0) is 0 Å². The van der Waals surface area contributed by atoms with E-state index in [4.69, 9.17) is 0 Å². The Morgan fingerprint density at radius 2 is 1.33 bits per heavy atom. The van der Waals surface area contributed by atoms with E-state index in [9.17, 15) is 10.4 Å². The molecular weight excluding hydrogens is 156 g/mol. The first kappa shape index (κ1) is 9.41. The summed E-state index contributed by atoms with van der Waals surface area (Å²) in [4.78, 5) is 0. The summed E-state index contributed by atoms with van der Waals surface area (Å²) in [6, 6.07) is 0. The molecule has 0 aromatic carbocycles. The molecule has 68 valence electrons. The molecule has 1 aliphatic carbocycles. The number of allylic oxidation sites excluding steroid dienone is 4. The first-order chi connectivity index (χ1) is 5.61. The van der Waals surface area contributed by atoms with Crippen LogP contribution in [0.1, 0.15) is 12.8 Å². The number of hydrogen-bond donors (Lipinski definition) is 2. The SMILES string of the molecule is C[NH+]([O-])C1=CC=C([NH+](C)[O-])CC1.